The summed E-state index contributed by atoms with van der Waals surface area (Å²) >= 11 is 0. The van der Waals surface area contributed by atoms with E-state index in [-0.39, 0.29) is 0 Å². The van der Waals surface area contributed by atoms with E-state index in [1.54, 1.807) is 4.31 Å². The van der Waals surface area contributed by atoms with Crippen molar-refractivity contribution in [2.24, 2.45) is 10.9 Å². The lowest BCUT2D eigenvalue weighted by Crippen LogP contribution is -2.40. The Balaban J connectivity index is 1.92. The number of benzene rings is 1. The first-order valence-electron chi connectivity index (χ1n) is 9.85. The molecule has 2 rings (SSSR count). The highest BCUT2D eigenvalue weighted by molar-refractivity contribution is 7.88. The number of aryl methyl sites for hydroxylation is 1. The summed E-state index contributed by atoms with van der Waals surface area (Å²) in [5.74, 6) is 1.34. The van der Waals surface area contributed by atoms with Gasteiger partial charge in [0.25, 0.3) is 0 Å². The molecule has 1 aromatic rings. The second-order valence-corrected chi connectivity index (χ2v) is 9.31. The molecule has 152 valence electrons. The van der Waals surface area contributed by atoms with E-state index in [1.807, 2.05) is 0 Å². The highest BCUT2D eigenvalue weighted by atomic mass is 32.2. The Morgan fingerprint density at radius 3 is 2.30 bits per heavy atom. The smallest absolute Gasteiger partial charge is 0.211 e. The second-order valence-electron chi connectivity index (χ2n) is 7.33. The summed E-state index contributed by atoms with van der Waals surface area (Å²) < 4.78 is 24.8. The molecule has 1 N–H and O–H groups in total. The first-order chi connectivity index (χ1) is 12.8. The van der Waals surface area contributed by atoms with Gasteiger partial charge in [0.15, 0.2) is 5.96 Å². The molecule has 0 radical (unpaired) electrons. The standard InChI is InChI=1S/C20H34N4O2S/c1-5-17-7-9-19(10-8-17)16-23(3)20(21-6-2)22-15-18-11-13-24(14-12-18)27(4,25)26/h7-10,18H,5-6,11-16H2,1-4H3,(H,21,22). The normalized spacial score (nSPS) is 17.1. The zero-order chi connectivity index (χ0) is 19.9. The maximum absolute atomic E-state index is 11.6. The van der Waals surface area contributed by atoms with Crippen molar-refractivity contribution in [2.75, 3.05) is 39.5 Å². The number of aliphatic imine (C=N–C) groups is 1. The minimum Gasteiger partial charge on any atom is -0.357 e. The largest absolute Gasteiger partial charge is 0.357 e. The maximum Gasteiger partial charge on any atom is 0.211 e. The minimum atomic E-state index is -3.07. The molecule has 0 bridgehead atoms. The van der Waals surface area contributed by atoms with Crippen molar-refractivity contribution in [3.05, 3.63) is 35.4 Å². The first-order valence-corrected chi connectivity index (χ1v) is 11.7. The van der Waals surface area contributed by atoms with E-state index in [1.165, 1.54) is 17.4 Å². The van der Waals surface area contributed by atoms with E-state index in [0.29, 0.717) is 19.0 Å². The summed E-state index contributed by atoms with van der Waals surface area (Å²) in [7, 11) is -1.01. The van der Waals surface area contributed by atoms with E-state index in [4.69, 9.17) is 4.99 Å². The molecule has 6 nitrogen and oxygen atoms in total. The minimum absolute atomic E-state index is 0.439. The highest BCUT2D eigenvalue weighted by Crippen LogP contribution is 2.19. The molecule has 0 aliphatic carbocycles. The van der Waals surface area contributed by atoms with Crippen LogP contribution in [0, 0.1) is 5.92 Å². The van der Waals surface area contributed by atoms with Crippen molar-refractivity contribution < 1.29 is 8.42 Å². The summed E-state index contributed by atoms with van der Waals surface area (Å²) in [5.41, 5.74) is 2.61. The molecule has 7 heteroatoms. The van der Waals surface area contributed by atoms with Gasteiger partial charge in [-0.2, -0.15) is 0 Å². The van der Waals surface area contributed by atoms with Gasteiger partial charge in [-0.1, -0.05) is 31.2 Å². The van der Waals surface area contributed by atoms with Crippen LogP contribution in [-0.4, -0.2) is 63.1 Å². The molecule has 1 saturated heterocycles. The van der Waals surface area contributed by atoms with Crippen LogP contribution >= 0.6 is 0 Å². The second kappa shape index (κ2) is 10.1. The number of nitrogens with one attached hydrogen (secondary N) is 1. The number of guanidine groups is 1. The lowest BCUT2D eigenvalue weighted by Gasteiger charge is -2.30. The van der Waals surface area contributed by atoms with Gasteiger partial charge < -0.3 is 10.2 Å². The Morgan fingerprint density at radius 1 is 1.19 bits per heavy atom. The number of piperidine rings is 1. The zero-order valence-corrected chi connectivity index (χ0v) is 17.9. The Morgan fingerprint density at radius 2 is 1.78 bits per heavy atom. The van der Waals surface area contributed by atoms with Gasteiger partial charge >= 0.3 is 0 Å². The van der Waals surface area contributed by atoms with Gasteiger partial charge in [0.2, 0.25) is 10.0 Å². The van der Waals surface area contributed by atoms with Crippen LogP contribution in [0.25, 0.3) is 0 Å². The van der Waals surface area contributed by atoms with Crippen molar-refractivity contribution in [3.8, 4) is 0 Å². The SMILES string of the molecule is CCNC(=NCC1CCN(S(C)(=O)=O)CC1)N(C)Cc1ccc(CC)cc1. The number of hydrogen-bond acceptors (Lipinski definition) is 3. The molecule has 0 atom stereocenters. The Bertz CT molecular complexity index is 708. The van der Waals surface area contributed by atoms with Gasteiger partial charge in [0, 0.05) is 39.8 Å². The molecule has 0 unspecified atom stereocenters. The van der Waals surface area contributed by atoms with Crippen molar-refractivity contribution in [1.29, 1.82) is 0 Å². The summed E-state index contributed by atoms with van der Waals surface area (Å²) in [5, 5.41) is 3.37. The molecule has 1 aliphatic rings. The predicted molar refractivity (Wildman–Crippen MR) is 112 cm³/mol. The monoisotopic (exact) mass is 394 g/mol. The first kappa shape index (κ1) is 21.7. The molecule has 0 saturated carbocycles. The van der Waals surface area contributed by atoms with Crippen molar-refractivity contribution in [2.45, 2.75) is 39.7 Å². The van der Waals surface area contributed by atoms with Gasteiger partial charge in [-0.05, 0) is 43.2 Å². The molecule has 1 fully saturated rings. The summed E-state index contributed by atoms with van der Waals surface area (Å²) in [6.07, 6.45) is 4.09. The third kappa shape index (κ3) is 6.81. The van der Waals surface area contributed by atoms with Gasteiger partial charge in [-0.3, -0.25) is 4.99 Å². The number of nitrogens with zero attached hydrogens (tertiary/aromatic N) is 3. The number of hydrogen-bond donors (Lipinski definition) is 1. The third-order valence-corrected chi connectivity index (χ3v) is 6.39. The van der Waals surface area contributed by atoms with Gasteiger partial charge in [-0.25, -0.2) is 12.7 Å². The number of sulfonamides is 1. The molecular weight excluding hydrogens is 360 g/mol. The van der Waals surface area contributed by atoms with E-state index in [2.05, 4.69) is 55.4 Å². The topological polar surface area (TPSA) is 65.0 Å². The predicted octanol–water partition coefficient (Wildman–Crippen LogP) is 2.32. The van der Waals surface area contributed by atoms with Crippen LogP contribution in [0.15, 0.2) is 29.3 Å². The highest BCUT2D eigenvalue weighted by Gasteiger charge is 2.24. The lowest BCUT2D eigenvalue weighted by molar-refractivity contribution is 0.279. The zero-order valence-electron chi connectivity index (χ0n) is 17.1. The van der Waals surface area contributed by atoms with Crippen LogP contribution in [0.2, 0.25) is 0 Å². The molecule has 1 heterocycles. The van der Waals surface area contributed by atoms with E-state index < -0.39 is 10.0 Å². The average molecular weight is 395 g/mol. The molecule has 0 spiro atoms. The molecule has 0 aromatic heterocycles. The Hall–Kier alpha value is -1.60. The quantitative estimate of drug-likeness (QED) is 0.569. The van der Waals surface area contributed by atoms with Crippen LogP contribution in [-0.2, 0) is 23.0 Å². The fourth-order valence-corrected chi connectivity index (χ4v) is 4.21. The molecule has 1 aromatic carbocycles. The van der Waals surface area contributed by atoms with Gasteiger partial charge in [-0.15, -0.1) is 0 Å². The van der Waals surface area contributed by atoms with Crippen LogP contribution in [0.1, 0.15) is 37.8 Å². The van der Waals surface area contributed by atoms with Gasteiger partial charge in [0.05, 0.1) is 6.26 Å². The summed E-state index contributed by atoms with van der Waals surface area (Å²) in [4.78, 5) is 6.97. The van der Waals surface area contributed by atoms with E-state index >= 15 is 0 Å². The Labute approximate surface area is 164 Å². The fraction of sp³-hybridized carbons (Fsp3) is 0.650. The van der Waals surface area contributed by atoms with Crippen LogP contribution < -0.4 is 5.32 Å². The third-order valence-electron chi connectivity index (χ3n) is 5.09. The molecule has 1 aliphatic heterocycles. The van der Waals surface area contributed by atoms with Crippen molar-refractivity contribution >= 4 is 16.0 Å². The van der Waals surface area contributed by atoms with Gasteiger partial charge in [0.1, 0.15) is 0 Å². The molecular formula is C20H34N4O2S. The maximum atomic E-state index is 11.6. The average Bonchev–Trinajstić information content (AvgIpc) is 2.65. The van der Waals surface area contributed by atoms with Crippen molar-refractivity contribution in [3.63, 3.8) is 0 Å². The summed E-state index contributed by atoms with van der Waals surface area (Å²) in [6.45, 7) is 7.82. The van der Waals surface area contributed by atoms with E-state index in [9.17, 15) is 8.42 Å². The van der Waals surface area contributed by atoms with Crippen LogP contribution in [0.5, 0.6) is 0 Å². The van der Waals surface area contributed by atoms with E-state index in [0.717, 1.165) is 44.9 Å². The van der Waals surface area contributed by atoms with Crippen molar-refractivity contribution in [1.82, 2.24) is 14.5 Å². The summed E-state index contributed by atoms with van der Waals surface area (Å²) in [6, 6.07) is 8.73. The number of rotatable bonds is 7. The lowest BCUT2D eigenvalue weighted by atomic mass is 9.98. The van der Waals surface area contributed by atoms with Crippen LogP contribution in [0.3, 0.4) is 0 Å². The van der Waals surface area contributed by atoms with Crippen LogP contribution in [0.4, 0.5) is 0 Å². The Kier molecular flexibility index (Phi) is 8.10. The fourth-order valence-electron chi connectivity index (χ4n) is 3.34. The molecule has 27 heavy (non-hydrogen) atoms. The molecule has 0 amide bonds.